The van der Waals surface area contributed by atoms with Gasteiger partial charge < -0.3 is 10.1 Å². The minimum absolute atomic E-state index is 0.0138. The summed E-state index contributed by atoms with van der Waals surface area (Å²) in [5, 5.41) is 3.27. The van der Waals surface area contributed by atoms with Crippen LogP contribution >= 0.6 is 11.8 Å². The summed E-state index contributed by atoms with van der Waals surface area (Å²) in [4.78, 5) is 12.1. The van der Waals surface area contributed by atoms with E-state index in [1.54, 1.807) is 7.11 Å². The van der Waals surface area contributed by atoms with Crippen molar-refractivity contribution in [2.24, 2.45) is 0 Å². The van der Waals surface area contributed by atoms with E-state index in [4.69, 9.17) is 4.74 Å². The molecule has 1 unspecified atom stereocenters. The van der Waals surface area contributed by atoms with Gasteiger partial charge in [0.25, 0.3) is 0 Å². The summed E-state index contributed by atoms with van der Waals surface area (Å²) in [6.45, 7) is 0.930. The van der Waals surface area contributed by atoms with Gasteiger partial charge in [-0.15, -0.1) is 0 Å². The third kappa shape index (κ3) is 3.48. The number of rotatable bonds is 4. The molecule has 1 atom stereocenters. The van der Waals surface area contributed by atoms with Gasteiger partial charge in [0.2, 0.25) is 0 Å². The van der Waals surface area contributed by atoms with Crippen molar-refractivity contribution in [3.05, 3.63) is 29.8 Å². The third-order valence-electron chi connectivity index (χ3n) is 2.82. The number of nitrogens with one attached hydrogen (secondary N) is 1. The molecule has 1 N–H and O–H groups in total. The van der Waals surface area contributed by atoms with E-state index in [2.05, 4.69) is 5.32 Å². The lowest BCUT2D eigenvalue weighted by atomic mass is 10.0. The lowest BCUT2D eigenvalue weighted by Gasteiger charge is -2.21. The van der Waals surface area contributed by atoms with E-state index in [1.165, 1.54) is 0 Å². The molecule has 0 aliphatic carbocycles. The Morgan fingerprint density at radius 1 is 1.59 bits per heavy atom. The zero-order chi connectivity index (χ0) is 12.1. The van der Waals surface area contributed by atoms with Crippen LogP contribution in [-0.4, -0.2) is 37.0 Å². The summed E-state index contributed by atoms with van der Waals surface area (Å²) in [5.74, 6) is 3.07. The maximum atomic E-state index is 12.1. The Morgan fingerprint density at radius 3 is 3.18 bits per heavy atom. The summed E-state index contributed by atoms with van der Waals surface area (Å²) in [6.07, 6.45) is 0.482. The molecular weight excluding hydrogens is 234 g/mol. The number of ether oxygens (including phenoxy) is 1. The van der Waals surface area contributed by atoms with Crippen LogP contribution in [0.2, 0.25) is 0 Å². The SMILES string of the molecule is COc1cccc(CC(=O)C2CSCCN2)c1. The highest BCUT2D eigenvalue weighted by Crippen LogP contribution is 2.15. The van der Waals surface area contributed by atoms with Gasteiger partial charge in [-0.1, -0.05) is 12.1 Å². The number of thioether (sulfide) groups is 1. The minimum atomic E-state index is 0.0138. The zero-order valence-corrected chi connectivity index (χ0v) is 10.8. The van der Waals surface area contributed by atoms with Crippen LogP contribution in [0.5, 0.6) is 5.75 Å². The van der Waals surface area contributed by atoms with Gasteiger partial charge in [-0.3, -0.25) is 4.79 Å². The normalized spacial score (nSPS) is 19.9. The van der Waals surface area contributed by atoms with Crippen LogP contribution in [0.15, 0.2) is 24.3 Å². The molecule has 0 bridgehead atoms. The molecular formula is C13H17NO2S. The average Bonchev–Trinajstić information content (AvgIpc) is 2.40. The van der Waals surface area contributed by atoms with Crippen molar-refractivity contribution in [1.82, 2.24) is 5.32 Å². The van der Waals surface area contributed by atoms with Crippen LogP contribution in [0, 0.1) is 0 Å². The lowest BCUT2D eigenvalue weighted by molar-refractivity contribution is -0.119. The van der Waals surface area contributed by atoms with Crippen molar-refractivity contribution in [2.75, 3.05) is 25.2 Å². The van der Waals surface area contributed by atoms with Gasteiger partial charge in [0.05, 0.1) is 13.2 Å². The van der Waals surface area contributed by atoms with Crippen LogP contribution in [0.1, 0.15) is 5.56 Å². The van der Waals surface area contributed by atoms with E-state index in [-0.39, 0.29) is 11.8 Å². The highest BCUT2D eigenvalue weighted by molar-refractivity contribution is 7.99. The largest absolute Gasteiger partial charge is 0.497 e. The third-order valence-corrected chi connectivity index (χ3v) is 3.88. The molecule has 4 heteroatoms. The highest BCUT2D eigenvalue weighted by atomic mass is 32.2. The standard InChI is InChI=1S/C13H17NO2S/c1-16-11-4-2-3-10(7-11)8-13(15)12-9-17-6-5-14-12/h2-4,7,12,14H,5-6,8-9H2,1H3. The summed E-state index contributed by atoms with van der Waals surface area (Å²) in [6, 6.07) is 7.72. The van der Waals surface area contributed by atoms with Gasteiger partial charge >= 0.3 is 0 Å². The van der Waals surface area contributed by atoms with Gasteiger partial charge in [0, 0.05) is 24.5 Å². The summed E-state index contributed by atoms with van der Waals surface area (Å²) < 4.78 is 5.15. The lowest BCUT2D eigenvalue weighted by Crippen LogP contribution is -2.44. The summed E-state index contributed by atoms with van der Waals surface area (Å²) in [5.41, 5.74) is 1.02. The van der Waals surface area contributed by atoms with Crippen LogP contribution in [0.3, 0.4) is 0 Å². The fourth-order valence-corrected chi connectivity index (χ4v) is 2.85. The zero-order valence-electron chi connectivity index (χ0n) is 9.94. The first-order chi connectivity index (χ1) is 8.29. The van der Waals surface area contributed by atoms with E-state index in [0.717, 1.165) is 29.4 Å². The Balaban J connectivity index is 1.96. The van der Waals surface area contributed by atoms with Crippen LogP contribution in [0.25, 0.3) is 0 Å². The maximum Gasteiger partial charge on any atom is 0.154 e. The first kappa shape index (κ1) is 12.5. The van der Waals surface area contributed by atoms with Crippen LogP contribution < -0.4 is 10.1 Å². The number of ketones is 1. The summed E-state index contributed by atoms with van der Waals surface area (Å²) in [7, 11) is 1.64. The molecule has 0 radical (unpaired) electrons. The molecule has 0 amide bonds. The van der Waals surface area contributed by atoms with Crippen LogP contribution in [0.4, 0.5) is 0 Å². The molecule has 2 rings (SSSR count). The van der Waals surface area contributed by atoms with Crippen LogP contribution in [-0.2, 0) is 11.2 Å². The number of benzene rings is 1. The minimum Gasteiger partial charge on any atom is -0.497 e. The van der Waals surface area contributed by atoms with Gasteiger partial charge in [-0.2, -0.15) is 11.8 Å². The molecule has 1 heterocycles. The number of carbonyl (C=O) groups is 1. The molecule has 92 valence electrons. The predicted octanol–water partition coefficient (Wildman–Crippen LogP) is 1.51. The van der Waals surface area contributed by atoms with E-state index < -0.39 is 0 Å². The number of carbonyl (C=O) groups excluding carboxylic acids is 1. The van der Waals surface area contributed by atoms with Crippen molar-refractivity contribution in [3.63, 3.8) is 0 Å². The maximum absolute atomic E-state index is 12.1. The first-order valence-corrected chi connectivity index (χ1v) is 6.92. The second kappa shape index (κ2) is 6.07. The Hall–Kier alpha value is -1.00. The molecule has 0 spiro atoms. The Bertz CT molecular complexity index is 389. The summed E-state index contributed by atoms with van der Waals surface area (Å²) >= 11 is 1.84. The molecule has 17 heavy (non-hydrogen) atoms. The van der Waals surface area contributed by atoms with Crippen molar-refractivity contribution in [3.8, 4) is 5.75 Å². The van der Waals surface area contributed by atoms with Crippen molar-refractivity contribution < 1.29 is 9.53 Å². The number of hydrogen-bond acceptors (Lipinski definition) is 4. The molecule has 1 aromatic rings. The molecule has 3 nitrogen and oxygen atoms in total. The first-order valence-electron chi connectivity index (χ1n) is 5.76. The fraction of sp³-hybridized carbons (Fsp3) is 0.462. The molecule has 1 aromatic carbocycles. The van der Waals surface area contributed by atoms with Gasteiger partial charge in [-0.05, 0) is 17.7 Å². The van der Waals surface area contributed by atoms with Gasteiger partial charge in [0.1, 0.15) is 5.75 Å². The quantitative estimate of drug-likeness (QED) is 0.880. The number of methoxy groups -OCH3 is 1. The monoisotopic (exact) mass is 251 g/mol. The second-order valence-electron chi connectivity index (χ2n) is 4.08. The fourth-order valence-electron chi connectivity index (χ4n) is 1.88. The number of hydrogen-bond donors (Lipinski definition) is 1. The molecule has 0 saturated carbocycles. The molecule has 1 aliphatic heterocycles. The molecule has 1 fully saturated rings. The van der Waals surface area contributed by atoms with Crippen molar-refractivity contribution >= 4 is 17.5 Å². The van der Waals surface area contributed by atoms with E-state index in [9.17, 15) is 4.79 Å². The van der Waals surface area contributed by atoms with Crippen molar-refractivity contribution in [2.45, 2.75) is 12.5 Å². The molecule has 1 aliphatic rings. The Morgan fingerprint density at radius 2 is 2.47 bits per heavy atom. The van der Waals surface area contributed by atoms with E-state index in [0.29, 0.717) is 6.42 Å². The van der Waals surface area contributed by atoms with E-state index >= 15 is 0 Å². The second-order valence-corrected chi connectivity index (χ2v) is 5.23. The van der Waals surface area contributed by atoms with E-state index in [1.807, 2.05) is 36.0 Å². The predicted molar refractivity (Wildman–Crippen MR) is 70.8 cm³/mol. The Kier molecular flexibility index (Phi) is 4.45. The number of Topliss-reactive ketones (excluding diaryl/α,β-unsaturated/α-hetero) is 1. The molecule has 1 saturated heterocycles. The average molecular weight is 251 g/mol. The van der Waals surface area contributed by atoms with Crippen molar-refractivity contribution in [1.29, 1.82) is 0 Å². The van der Waals surface area contributed by atoms with Gasteiger partial charge in [0.15, 0.2) is 5.78 Å². The smallest absolute Gasteiger partial charge is 0.154 e. The highest BCUT2D eigenvalue weighted by Gasteiger charge is 2.20. The topological polar surface area (TPSA) is 38.3 Å². The Labute approximate surface area is 106 Å². The molecule has 0 aromatic heterocycles. The van der Waals surface area contributed by atoms with Gasteiger partial charge in [-0.25, -0.2) is 0 Å².